The highest BCUT2D eigenvalue weighted by molar-refractivity contribution is 5.74. The first-order valence-electron chi connectivity index (χ1n) is 3.43. The molecule has 0 saturated heterocycles. The predicted molar refractivity (Wildman–Crippen MR) is 37.7 cm³/mol. The normalized spacial score (nSPS) is 12.2. The summed E-state index contributed by atoms with van der Waals surface area (Å²) < 4.78 is 4.48. The van der Waals surface area contributed by atoms with Gasteiger partial charge in [0.15, 0.2) is 0 Å². The first kappa shape index (κ1) is 9.87. The summed E-state index contributed by atoms with van der Waals surface area (Å²) in [7, 11) is 0. The lowest BCUT2D eigenvalue weighted by Crippen LogP contribution is -2.30. The Labute approximate surface area is 64.5 Å². The number of rotatable bonds is 4. The average molecular weight is 161 g/mol. The first-order valence-corrected chi connectivity index (χ1v) is 3.43. The van der Waals surface area contributed by atoms with E-state index >= 15 is 0 Å². The Morgan fingerprint density at radius 3 is 2.45 bits per heavy atom. The van der Waals surface area contributed by atoms with E-state index in [1.165, 1.54) is 0 Å². The lowest BCUT2D eigenvalue weighted by molar-refractivity contribution is -0.510. The molecule has 0 saturated carbocycles. The van der Waals surface area contributed by atoms with Gasteiger partial charge in [0.2, 0.25) is 0 Å². The molecule has 0 rings (SSSR count). The summed E-state index contributed by atoms with van der Waals surface area (Å²) in [6.45, 7) is 3.37. The number of esters is 1. The lowest BCUT2D eigenvalue weighted by atomic mass is 10.2. The van der Waals surface area contributed by atoms with Crippen molar-refractivity contribution in [1.29, 1.82) is 0 Å². The molecular weight excluding hydrogens is 150 g/mol. The number of carbonyl (C=O) groups is 1. The van der Waals surface area contributed by atoms with E-state index in [1.54, 1.807) is 13.8 Å². The largest absolute Gasteiger partial charge is 0.461 e. The monoisotopic (exact) mass is 161 g/mol. The van der Waals surface area contributed by atoms with Crippen LogP contribution >= 0.6 is 0 Å². The van der Waals surface area contributed by atoms with E-state index in [9.17, 15) is 14.9 Å². The zero-order valence-electron chi connectivity index (χ0n) is 6.57. The van der Waals surface area contributed by atoms with Crippen LogP contribution in [0.3, 0.4) is 0 Å². The van der Waals surface area contributed by atoms with E-state index in [0.29, 0.717) is 0 Å². The molecule has 0 N–H and O–H groups in total. The van der Waals surface area contributed by atoms with Crippen molar-refractivity contribution in [3.8, 4) is 0 Å². The van der Waals surface area contributed by atoms with Crippen LogP contribution in [0, 0.1) is 10.1 Å². The summed E-state index contributed by atoms with van der Waals surface area (Å²) in [4.78, 5) is 20.3. The van der Waals surface area contributed by atoms with E-state index in [2.05, 4.69) is 4.74 Å². The summed E-state index contributed by atoms with van der Waals surface area (Å²) in [5, 5.41) is 10.2. The summed E-state index contributed by atoms with van der Waals surface area (Å²) in [5.74, 6) is -0.750. The molecule has 0 aromatic heterocycles. The molecular formula is C6H11NO4. The number of nitro groups is 1. The fourth-order valence-corrected chi connectivity index (χ4v) is 0.640. The molecule has 0 bridgehead atoms. The van der Waals surface area contributed by atoms with Crippen LogP contribution in [0.5, 0.6) is 0 Å². The van der Waals surface area contributed by atoms with Gasteiger partial charge < -0.3 is 4.74 Å². The molecule has 0 heterocycles. The molecule has 1 atom stereocenters. The highest BCUT2D eigenvalue weighted by Crippen LogP contribution is 1.98. The number of ether oxygens (including phenoxy) is 1. The molecule has 5 heteroatoms. The maximum absolute atomic E-state index is 10.8. The molecule has 64 valence electrons. The minimum Gasteiger partial charge on any atom is -0.461 e. The van der Waals surface area contributed by atoms with Crippen molar-refractivity contribution in [1.82, 2.24) is 0 Å². The Morgan fingerprint density at radius 2 is 2.18 bits per heavy atom. The molecule has 0 aliphatic rings. The molecule has 11 heavy (non-hydrogen) atoms. The summed E-state index contributed by atoms with van der Waals surface area (Å²) in [6.07, 6.45) is 0.172. The van der Waals surface area contributed by atoms with E-state index < -0.39 is 16.9 Å². The lowest BCUT2D eigenvalue weighted by Gasteiger charge is -2.04. The van der Waals surface area contributed by atoms with Gasteiger partial charge in [-0.25, -0.2) is 4.79 Å². The molecule has 0 radical (unpaired) electrons. The third-order valence-electron chi connectivity index (χ3n) is 1.20. The third kappa shape index (κ3) is 2.97. The zero-order valence-corrected chi connectivity index (χ0v) is 6.57. The van der Waals surface area contributed by atoms with Gasteiger partial charge in [0, 0.05) is 11.3 Å². The van der Waals surface area contributed by atoms with E-state index in [1.807, 2.05) is 0 Å². The first-order chi connectivity index (χ1) is 5.13. The molecule has 0 aromatic carbocycles. The number of nitrogens with zero attached hydrogens (tertiary/aromatic N) is 1. The molecule has 0 aromatic rings. The van der Waals surface area contributed by atoms with Gasteiger partial charge in [-0.1, -0.05) is 6.92 Å². The van der Waals surface area contributed by atoms with Crippen molar-refractivity contribution < 1.29 is 14.5 Å². The van der Waals surface area contributed by atoms with Crippen molar-refractivity contribution in [2.24, 2.45) is 0 Å². The Bertz CT molecular complexity index is 157. The molecule has 0 fully saturated rings. The van der Waals surface area contributed by atoms with E-state index in [4.69, 9.17) is 0 Å². The fourth-order valence-electron chi connectivity index (χ4n) is 0.640. The molecule has 0 amide bonds. The second-order valence-electron chi connectivity index (χ2n) is 1.96. The van der Waals surface area contributed by atoms with Crippen LogP contribution in [0.25, 0.3) is 0 Å². The second kappa shape index (κ2) is 4.65. The molecule has 1 unspecified atom stereocenters. The molecule has 5 nitrogen and oxygen atoms in total. The predicted octanol–water partition coefficient (Wildman–Crippen LogP) is 0.605. The van der Waals surface area contributed by atoms with Crippen LogP contribution in [-0.2, 0) is 9.53 Å². The maximum atomic E-state index is 10.8. The van der Waals surface area contributed by atoms with Crippen LogP contribution < -0.4 is 0 Å². The van der Waals surface area contributed by atoms with Gasteiger partial charge in [-0.3, -0.25) is 10.1 Å². The second-order valence-corrected chi connectivity index (χ2v) is 1.96. The van der Waals surface area contributed by atoms with Crippen molar-refractivity contribution in [3.63, 3.8) is 0 Å². The number of carbonyl (C=O) groups excluding carboxylic acids is 1. The van der Waals surface area contributed by atoms with Gasteiger partial charge in [-0.05, 0) is 6.92 Å². The van der Waals surface area contributed by atoms with Gasteiger partial charge >= 0.3 is 12.0 Å². The van der Waals surface area contributed by atoms with Crippen LogP contribution in [0.15, 0.2) is 0 Å². The van der Waals surface area contributed by atoms with Crippen molar-refractivity contribution >= 4 is 5.97 Å². The van der Waals surface area contributed by atoms with Crippen molar-refractivity contribution in [2.45, 2.75) is 26.3 Å². The SMILES string of the molecule is CCOC(=O)C(CC)[N+](=O)[O-]. The Balaban J connectivity index is 4.03. The van der Waals surface area contributed by atoms with E-state index in [-0.39, 0.29) is 13.0 Å². The third-order valence-corrected chi connectivity index (χ3v) is 1.20. The van der Waals surface area contributed by atoms with Crippen LogP contribution in [-0.4, -0.2) is 23.5 Å². The zero-order chi connectivity index (χ0) is 8.85. The number of hydrogen-bond acceptors (Lipinski definition) is 4. The average Bonchev–Trinajstić information content (AvgIpc) is 1.88. The minimum absolute atomic E-state index is 0.172. The molecule has 0 spiro atoms. The highest BCUT2D eigenvalue weighted by Gasteiger charge is 2.28. The Hall–Kier alpha value is -1.13. The standard InChI is InChI=1S/C6H11NO4/c1-3-5(7(9)10)6(8)11-4-2/h5H,3-4H2,1-2H3. The van der Waals surface area contributed by atoms with Gasteiger partial charge in [0.05, 0.1) is 6.61 Å². The van der Waals surface area contributed by atoms with Crippen molar-refractivity contribution in [3.05, 3.63) is 10.1 Å². The summed E-state index contributed by atoms with van der Waals surface area (Å²) in [5.41, 5.74) is 0. The molecule has 0 aliphatic carbocycles. The van der Waals surface area contributed by atoms with Crippen LogP contribution in [0.4, 0.5) is 0 Å². The Morgan fingerprint density at radius 1 is 1.64 bits per heavy atom. The van der Waals surface area contributed by atoms with Crippen LogP contribution in [0.1, 0.15) is 20.3 Å². The Kier molecular flexibility index (Phi) is 4.17. The van der Waals surface area contributed by atoms with Gasteiger partial charge in [0.1, 0.15) is 0 Å². The minimum atomic E-state index is -1.20. The van der Waals surface area contributed by atoms with Gasteiger partial charge in [0.25, 0.3) is 0 Å². The van der Waals surface area contributed by atoms with Gasteiger partial charge in [-0.15, -0.1) is 0 Å². The number of hydrogen-bond donors (Lipinski definition) is 0. The fraction of sp³-hybridized carbons (Fsp3) is 0.833. The topological polar surface area (TPSA) is 69.4 Å². The summed E-state index contributed by atoms with van der Waals surface area (Å²) in [6, 6.07) is -1.20. The van der Waals surface area contributed by atoms with Gasteiger partial charge in [-0.2, -0.15) is 0 Å². The van der Waals surface area contributed by atoms with Crippen LogP contribution in [0.2, 0.25) is 0 Å². The van der Waals surface area contributed by atoms with E-state index in [0.717, 1.165) is 0 Å². The highest BCUT2D eigenvalue weighted by atomic mass is 16.6. The molecule has 0 aliphatic heterocycles. The van der Waals surface area contributed by atoms with Crippen molar-refractivity contribution in [2.75, 3.05) is 6.61 Å². The quantitative estimate of drug-likeness (QED) is 0.344. The maximum Gasteiger partial charge on any atom is 0.381 e. The summed E-state index contributed by atoms with van der Waals surface area (Å²) >= 11 is 0. The smallest absolute Gasteiger partial charge is 0.381 e.